The molecule has 0 saturated heterocycles. The summed E-state index contributed by atoms with van der Waals surface area (Å²) in [6.07, 6.45) is 5.31. The lowest BCUT2D eigenvalue weighted by Gasteiger charge is -1.93. The maximum atomic E-state index is 4.24. The van der Waals surface area contributed by atoms with Crippen LogP contribution >= 0.6 is 0 Å². The van der Waals surface area contributed by atoms with Gasteiger partial charge >= 0.3 is 0 Å². The summed E-state index contributed by atoms with van der Waals surface area (Å²) in [6, 6.07) is 1.97. The van der Waals surface area contributed by atoms with Gasteiger partial charge < -0.3 is 4.57 Å². The van der Waals surface area contributed by atoms with Crippen molar-refractivity contribution in [1.29, 1.82) is 0 Å². The first-order valence-electron chi connectivity index (χ1n) is 3.71. The first-order valence-corrected chi connectivity index (χ1v) is 3.71. The molecule has 2 heterocycles. The van der Waals surface area contributed by atoms with Crippen molar-refractivity contribution >= 4 is 17.2 Å². The molecule has 0 aromatic carbocycles. The molecule has 0 radical (unpaired) electrons. The molecule has 60 valence electrons. The summed E-state index contributed by atoms with van der Waals surface area (Å²) in [5.74, 6) is 0. The Kier molecular flexibility index (Phi) is 1.43. The molecule has 0 atom stereocenters. The van der Waals surface area contributed by atoms with Gasteiger partial charge in [0.2, 0.25) is 0 Å². The van der Waals surface area contributed by atoms with Crippen molar-refractivity contribution in [1.82, 2.24) is 14.5 Å². The maximum Gasteiger partial charge on any atom is 0.159 e. The Labute approximate surface area is 70.4 Å². The van der Waals surface area contributed by atoms with E-state index < -0.39 is 0 Å². The van der Waals surface area contributed by atoms with Crippen LogP contribution in [0.3, 0.4) is 0 Å². The smallest absolute Gasteiger partial charge is 0.159 e. The van der Waals surface area contributed by atoms with Gasteiger partial charge in [-0.2, -0.15) is 0 Å². The zero-order valence-electron chi connectivity index (χ0n) is 6.86. The van der Waals surface area contributed by atoms with Gasteiger partial charge in [0, 0.05) is 13.2 Å². The highest BCUT2D eigenvalue weighted by Gasteiger charge is 1.99. The fraction of sp³-hybridized carbons (Fsp3) is 0.111. The molecule has 12 heavy (non-hydrogen) atoms. The summed E-state index contributed by atoms with van der Waals surface area (Å²) < 4.78 is 1.89. The predicted molar refractivity (Wildman–Crippen MR) is 48.6 cm³/mol. The van der Waals surface area contributed by atoms with Crippen LogP contribution < -0.4 is 0 Å². The van der Waals surface area contributed by atoms with E-state index in [1.54, 1.807) is 18.6 Å². The van der Waals surface area contributed by atoms with E-state index in [9.17, 15) is 0 Å². The lowest BCUT2D eigenvalue weighted by Crippen LogP contribution is -1.87. The highest BCUT2D eigenvalue weighted by Crippen LogP contribution is 2.10. The Morgan fingerprint density at radius 1 is 1.50 bits per heavy atom. The largest absolute Gasteiger partial charge is 0.318 e. The highest BCUT2D eigenvalue weighted by molar-refractivity contribution is 5.73. The number of nitrogens with zero attached hydrogens (tertiary/aromatic N) is 3. The molecule has 3 nitrogen and oxygen atoms in total. The third-order valence-corrected chi connectivity index (χ3v) is 1.81. The van der Waals surface area contributed by atoms with Crippen molar-refractivity contribution in [2.24, 2.45) is 7.05 Å². The molecule has 2 aromatic rings. The van der Waals surface area contributed by atoms with Crippen LogP contribution in [0.4, 0.5) is 0 Å². The summed E-state index contributed by atoms with van der Waals surface area (Å²) in [5, 5.41) is 0. The van der Waals surface area contributed by atoms with E-state index in [1.165, 1.54) is 0 Å². The maximum absolute atomic E-state index is 4.24. The lowest BCUT2D eigenvalue weighted by atomic mass is 10.3. The fourth-order valence-corrected chi connectivity index (χ4v) is 1.14. The molecule has 3 heteroatoms. The van der Waals surface area contributed by atoms with Crippen LogP contribution in [0.15, 0.2) is 25.2 Å². The Morgan fingerprint density at radius 2 is 2.33 bits per heavy atom. The van der Waals surface area contributed by atoms with E-state index in [4.69, 9.17) is 0 Å². The summed E-state index contributed by atoms with van der Waals surface area (Å²) in [7, 11) is 1.93. The van der Waals surface area contributed by atoms with Gasteiger partial charge in [-0.15, -0.1) is 0 Å². The van der Waals surface area contributed by atoms with Gasteiger partial charge in [0.1, 0.15) is 5.52 Å². The fourth-order valence-electron chi connectivity index (χ4n) is 1.14. The van der Waals surface area contributed by atoms with Crippen LogP contribution in [0.2, 0.25) is 0 Å². The second kappa shape index (κ2) is 2.44. The second-order valence-corrected chi connectivity index (χ2v) is 2.67. The Balaban J connectivity index is 2.77. The topological polar surface area (TPSA) is 30.7 Å². The van der Waals surface area contributed by atoms with E-state index in [1.807, 2.05) is 17.7 Å². The minimum absolute atomic E-state index is 0.903. The average molecular weight is 159 g/mol. The van der Waals surface area contributed by atoms with Crippen LogP contribution in [-0.2, 0) is 7.05 Å². The zero-order valence-corrected chi connectivity index (χ0v) is 6.86. The normalized spacial score (nSPS) is 10.4. The lowest BCUT2D eigenvalue weighted by molar-refractivity contribution is 0.931. The molecule has 0 amide bonds. The summed E-state index contributed by atoms with van der Waals surface area (Å²) in [5.41, 5.74) is 2.82. The van der Waals surface area contributed by atoms with Gasteiger partial charge in [0.25, 0.3) is 0 Å². The minimum Gasteiger partial charge on any atom is -0.318 e. The SMILES string of the molecule is C=Cc1cnc2c(c1)ncn2C. The molecule has 2 rings (SSSR count). The van der Waals surface area contributed by atoms with Crippen molar-refractivity contribution in [3.63, 3.8) is 0 Å². The van der Waals surface area contributed by atoms with Crippen LogP contribution in [0, 0.1) is 0 Å². The van der Waals surface area contributed by atoms with E-state index >= 15 is 0 Å². The van der Waals surface area contributed by atoms with E-state index in [-0.39, 0.29) is 0 Å². The Bertz CT molecular complexity index is 428. The van der Waals surface area contributed by atoms with Crippen molar-refractivity contribution in [3.05, 3.63) is 30.7 Å². The number of hydrogen-bond acceptors (Lipinski definition) is 2. The predicted octanol–water partition coefficient (Wildman–Crippen LogP) is 1.61. The summed E-state index contributed by atoms with van der Waals surface area (Å²) in [4.78, 5) is 8.42. The van der Waals surface area contributed by atoms with Gasteiger partial charge in [-0.05, 0) is 11.6 Å². The summed E-state index contributed by atoms with van der Waals surface area (Å²) >= 11 is 0. The number of rotatable bonds is 1. The monoisotopic (exact) mass is 159 g/mol. The van der Waals surface area contributed by atoms with Gasteiger partial charge in [-0.1, -0.05) is 12.7 Å². The van der Waals surface area contributed by atoms with Gasteiger partial charge in [-0.3, -0.25) is 0 Å². The van der Waals surface area contributed by atoms with Crippen molar-refractivity contribution in [2.45, 2.75) is 0 Å². The Hall–Kier alpha value is -1.64. The standard InChI is InChI=1S/C9H9N3/c1-3-7-4-8-9(10-5-7)12(2)6-11-8/h3-6H,1H2,2H3. The molecule has 0 aliphatic rings. The molecule has 0 aliphatic carbocycles. The third-order valence-electron chi connectivity index (χ3n) is 1.81. The number of pyridine rings is 1. The van der Waals surface area contributed by atoms with Crippen LogP contribution in [-0.4, -0.2) is 14.5 Å². The Morgan fingerprint density at radius 3 is 3.08 bits per heavy atom. The number of fused-ring (bicyclic) bond motifs is 1. The molecule has 0 N–H and O–H groups in total. The van der Waals surface area contributed by atoms with Gasteiger partial charge in [0.05, 0.1) is 6.33 Å². The van der Waals surface area contributed by atoms with Crippen LogP contribution in [0.5, 0.6) is 0 Å². The van der Waals surface area contributed by atoms with E-state index in [0.29, 0.717) is 0 Å². The van der Waals surface area contributed by atoms with Crippen molar-refractivity contribution in [3.8, 4) is 0 Å². The van der Waals surface area contributed by atoms with Crippen LogP contribution in [0.1, 0.15) is 5.56 Å². The van der Waals surface area contributed by atoms with E-state index in [0.717, 1.165) is 16.7 Å². The van der Waals surface area contributed by atoms with Crippen molar-refractivity contribution in [2.75, 3.05) is 0 Å². The molecule has 0 fully saturated rings. The van der Waals surface area contributed by atoms with E-state index in [2.05, 4.69) is 16.5 Å². The first kappa shape index (κ1) is 7.03. The third kappa shape index (κ3) is 0.906. The molecule has 0 unspecified atom stereocenters. The molecule has 2 aromatic heterocycles. The molecular formula is C9H9N3. The molecule has 0 bridgehead atoms. The quantitative estimate of drug-likeness (QED) is 0.633. The number of hydrogen-bond donors (Lipinski definition) is 0. The average Bonchev–Trinajstić information content (AvgIpc) is 2.47. The van der Waals surface area contributed by atoms with Crippen LogP contribution in [0.25, 0.3) is 17.2 Å². The second-order valence-electron chi connectivity index (χ2n) is 2.67. The molecule has 0 aliphatic heterocycles. The van der Waals surface area contributed by atoms with Crippen molar-refractivity contribution < 1.29 is 0 Å². The molecule has 0 saturated carbocycles. The number of imidazole rings is 1. The molecular weight excluding hydrogens is 150 g/mol. The van der Waals surface area contributed by atoms with Gasteiger partial charge in [0.15, 0.2) is 5.65 Å². The first-order chi connectivity index (χ1) is 5.81. The van der Waals surface area contributed by atoms with Gasteiger partial charge in [-0.25, -0.2) is 9.97 Å². The minimum atomic E-state index is 0.903. The summed E-state index contributed by atoms with van der Waals surface area (Å²) in [6.45, 7) is 3.67. The zero-order chi connectivity index (χ0) is 8.55. The highest BCUT2D eigenvalue weighted by atomic mass is 15.1. The number of aryl methyl sites for hydroxylation is 1. The number of aromatic nitrogens is 3. The molecule has 0 spiro atoms.